The Bertz CT molecular complexity index is 796. The van der Waals surface area contributed by atoms with Gasteiger partial charge in [0.05, 0.1) is 6.54 Å². The molecule has 0 aliphatic heterocycles. The number of hydrogen-bond donors (Lipinski definition) is 1. The summed E-state index contributed by atoms with van der Waals surface area (Å²) in [6.45, 7) is 6.14. The predicted molar refractivity (Wildman–Crippen MR) is 98.1 cm³/mol. The van der Waals surface area contributed by atoms with E-state index in [0.717, 1.165) is 23.4 Å². The minimum absolute atomic E-state index is 0.0513. The van der Waals surface area contributed by atoms with Crippen LogP contribution in [0.15, 0.2) is 30.3 Å². The lowest BCUT2D eigenvalue weighted by molar-refractivity contribution is -0.141. The fourth-order valence-electron chi connectivity index (χ4n) is 2.96. The number of benzene rings is 1. The third kappa shape index (κ3) is 4.58. The molecule has 1 aromatic heterocycles. The largest absolute Gasteiger partial charge is 0.480 e. The summed E-state index contributed by atoms with van der Waals surface area (Å²) in [5.41, 5.74) is 3.49. The van der Waals surface area contributed by atoms with Gasteiger partial charge >= 0.3 is 5.97 Å². The molecule has 6 heteroatoms. The number of carboxylic acid groups (broad SMARTS) is 1. The van der Waals surface area contributed by atoms with Crippen LogP contribution in [0.3, 0.4) is 0 Å². The second kappa shape index (κ2) is 8.27. The van der Waals surface area contributed by atoms with Gasteiger partial charge < -0.3 is 9.67 Å². The van der Waals surface area contributed by atoms with Gasteiger partial charge in [-0.25, -0.2) is 4.39 Å². The summed E-state index contributed by atoms with van der Waals surface area (Å²) >= 11 is 0. The number of Topliss-reactive ketones (excluding diaryl/α,β-unsaturated/α-hetero) is 1. The van der Waals surface area contributed by atoms with E-state index < -0.39 is 12.0 Å². The van der Waals surface area contributed by atoms with Crippen LogP contribution in [0.1, 0.15) is 34.2 Å². The van der Waals surface area contributed by atoms with Gasteiger partial charge in [-0.1, -0.05) is 12.1 Å². The maximum absolute atomic E-state index is 13.0. The molecule has 140 valence electrons. The fraction of sp³-hybridized carbons (Fsp3) is 0.400. The van der Waals surface area contributed by atoms with Crippen LogP contribution in [0.25, 0.3) is 0 Å². The van der Waals surface area contributed by atoms with Crippen LogP contribution in [0.2, 0.25) is 0 Å². The van der Waals surface area contributed by atoms with Crippen molar-refractivity contribution in [3.63, 3.8) is 0 Å². The number of hydrogen-bond acceptors (Lipinski definition) is 3. The number of carboxylic acids is 1. The Morgan fingerprint density at radius 2 is 1.85 bits per heavy atom. The van der Waals surface area contributed by atoms with Gasteiger partial charge in [0.2, 0.25) is 0 Å². The minimum atomic E-state index is -0.954. The molecule has 0 saturated carbocycles. The van der Waals surface area contributed by atoms with E-state index in [0.29, 0.717) is 12.1 Å². The number of nitrogens with zero attached hydrogens (tertiary/aromatic N) is 2. The van der Waals surface area contributed by atoms with Crippen molar-refractivity contribution in [3.8, 4) is 0 Å². The average molecular weight is 360 g/mol. The molecule has 1 aromatic carbocycles. The van der Waals surface area contributed by atoms with E-state index in [4.69, 9.17) is 5.11 Å². The highest BCUT2D eigenvalue weighted by Crippen LogP contribution is 2.18. The van der Waals surface area contributed by atoms with Crippen molar-refractivity contribution in [2.45, 2.75) is 39.8 Å². The van der Waals surface area contributed by atoms with Crippen LogP contribution in [0, 0.1) is 19.7 Å². The number of carbonyl (C=O) groups excluding carboxylic acids is 1. The lowest BCUT2D eigenvalue weighted by atomic mass is 10.1. The molecule has 2 rings (SSSR count). The fourth-order valence-corrected chi connectivity index (χ4v) is 2.96. The highest BCUT2D eigenvalue weighted by molar-refractivity contribution is 5.99. The molecule has 1 N–H and O–H groups in total. The van der Waals surface area contributed by atoms with Crippen molar-refractivity contribution < 1.29 is 19.1 Å². The topological polar surface area (TPSA) is 62.5 Å². The average Bonchev–Trinajstić information content (AvgIpc) is 2.88. The van der Waals surface area contributed by atoms with Crippen LogP contribution in [0.5, 0.6) is 0 Å². The number of carbonyl (C=O) groups is 2. The first-order valence-electron chi connectivity index (χ1n) is 8.58. The van der Waals surface area contributed by atoms with Crippen molar-refractivity contribution in [2.24, 2.45) is 0 Å². The summed E-state index contributed by atoms with van der Waals surface area (Å²) < 4.78 is 15.1. The number of aryl methyl sites for hydroxylation is 2. The van der Waals surface area contributed by atoms with Gasteiger partial charge in [0.15, 0.2) is 5.78 Å². The Labute approximate surface area is 153 Å². The third-order valence-electron chi connectivity index (χ3n) is 4.82. The first-order chi connectivity index (χ1) is 12.2. The molecule has 0 bridgehead atoms. The van der Waals surface area contributed by atoms with Crippen LogP contribution in [-0.4, -0.2) is 46.0 Å². The van der Waals surface area contributed by atoms with Gasteiger partial charge in [-0.15, -0.1) is 0 Å². The molecule has 1 unspecified atom stereocenters. The Kier molecular flexibility index (Phi) is 6.32. The zero-order valence-corrected chi connectivity index (χ0v) is 15.6. The number of halogens is 1. The normalized spacial score (nSPS) is 12.4. The summed E-state index contributed by atoms with van der Waals surface area (Å²) in [5.74, 6) is -1.30. The monoisotopic (exact) mass is 360 g/mol. The number of aliphatic carboxylic acids is 1. The van der Waals surface area contributed by atoms with Gasteiger partial charge in [0.1, 0.15) is 11.9 Å². The van der Waals surface area contributed by atoms with Crippen LogP contribution in [-0.2, 0) is 17.8 Å². The Hall–Kier alpha value is -2.47. The SMILES string of the molecule is Cc1cc(C(=O)CN(C)C(C)C(=O)O)c(C)n1CCc1ccc(F)cc1. The first-order valence-corrected chi connectivity index (χ1v) is 8.58. The summed E-state index contributed by atoms with van der Waals surface area (Å²) in [6, 6.07) is 7.54. The van der Waals surface area contributed by atoms with Crippen LogP contribution >= 0.6 is 0 Å². The van der Waals surface area contributed by atoms with Gasteiger partial charge in [-0.05, 0) is 58.0 Å². The molecule has 0 saturated heterocycles. The standard InChI is InChI=1S/C20H25FN2O3/c1-13-11-18(19(24)12-22(4)15(3)20(25)26)14(2)23(13)10-9-16-5-7-17(21)8-6-16/h5-8,11,15H,9-10,12H2,1-4H3,(H,25,26). The van der Waals surface area contributed by atoms with Crippen molar-refractivity contribution in [2.75, 3.05) is 13.6 Å². The zero-order valence-electron chi connectivity index (χ0n) is 15.6. The quantitative estimate of drug-likeness (QED) is 0.735. The van der Waals surface area contributed by atoms with E-state index in [9.17, 15) is 14.0 Å². The summed E-state index contributed by atoms with van der Waals surface area (Å²) in [6.07, 6.45) is 0.736. The summed E-state index contributed by atoms with van der Waals surface area (Å²) in [7, 11) is 1.63. The van der Waals surface area contributed by atoms with E-state index in [-0.39, 0.29) is 18.1 Å². The molecule has 0 aliphatic carbocycles. The zero-order chi connectivity index (χ0) is 19.4. The molecular formula is C20H25FN2O3. The molecule has 0 radical (unpaired) electrons. The molecule has 0 spiro atoms. The lowest BCUT2D eigenvalue weighted by Gasteiger charge is -2.20. The smallest absolute Gasteiger partial charge is 0.320 e. The molecule has 0 fully saturated rings. The number of likely N-dealkylation sites (N-methyl/N-ethyl adjacent to an activating group) is 1. The maximum Gasteiger partial charge on any atom is 0.320 e. The Balaban J connectivity index is 2.09. The molecule has 1 atom stereocenters. The van der Waals surface area contributed by atoms with Crippen molar-refractivity contribution in [1.82, 2.24) is 9.47 Å². The maximum atomic E-state index is 13.0. The molecule has 0 aliphatic rings. The van der Waals surface area contributed by atoms with Crippen molar-refractivity contribution in [1.29, 1.82) is 0 Å². The second-order valence-corrected chi connectivity index (χ2v) is 6.67. The predicted octanol–water partition coefficient (Wildman–Crippen LogP) is 3.07. The molecule has 0 amide bonds. The molecule has 26 heavy (non-hydrogen) atoms. The minimum Gasteiger partial charge on any atom is -0.480 e. The third-order valence-corrected chi connectivity index (χ3v) is 4.82. The summed E-state index contributed by atoms with van der Waals surface area (Å²) in [4.78, 5) is 25.2. The van der Waals surface area contributed by atoms with Gasteiger partial charge in [-0.2, -0.15) is 0 Å². The van der Waals surface area contributed by atoms with E-state index in [1.54, 1.807) is 26.1 Å². The number of rotatable bonds is 8. The summed E-state index contributed by atoms with van der Waals surface area (Å²) in [5, 5.41) is 9.05. The van der Waals surface area contributed by atoms with Crippen LogP contribution in [0.4, 0.5) is 4.39 Å². The highest BCUT2D eigenvalue weighted by Gasteiger charge is 2.22. The molecular weight excluding hydrogens is 335 g/mol. The number of ketones is 1. The van der Waals surface area contributed by atoms with Crippen molar-refractivity contribution in [3.05, 3.63) is 58.7 Å². The molecule has 5 nitrogen and oxygen atoms in total. The second-order valence-electron chi connectivity index (χ2n) is 6.67. The molecule has 1 heterocycles. The van der Waals surface area contributed by atoms with E-state index in [1.165, 1.54) is 17.0 Å². The Morgan fingerprint density at radius 3 is 2.42 bits per heavy atom. The van der Waals surface area contributed by atoms with E-state index in [1.807, 2.05) is 19.9 Å². The van der Waals surface area contributed by atoms with Gasteiger partial charge in [0.25, 0.3) is 0 Å². The van der Waals surface area contributed by atoms with Gasteiger partial charge in [0, 0.05) is 23.5 Å². The Morgan fingerprint density at radius 1 is 1.23 bits per heavy atom. The van der Waals surface area contributed by atoms with Crippen molar-refractivity contribution >= 4 is 11.8 Å². The lowest BCUT2D eigenvalue weighted by Crippen LogP contribution is -2.39. The highest BCUT2D eigenvalue weighted by atomic mass is 19.1. The van der Waals surface area contributed by atoms with E-state index >= 15 is 0 Å². The van der Waals surface area contributed by atoms with Gasteiger partial charge in [-0.3, -0.25) is 14.5 Å². The first kappa shape index (κ1) is 19.8. The molecule has 2 aromatic rings. The van der Waals surface area contributed by atoms with E-state index in [2.05, 4.69) is 4.57 Å². The van der Waals surface area contributed by atoms with Crippen LogP contribution < -0.4 is 0 Å². The number of aromatic nitrogens is 1.